The largest absolute Gasteiger partial charge is 0.377 e. The molecule has 2 heterocycles. The van der Waals surface area contributed by atoms with Gasteiger partial charge in [-0.15, -0.1) is 0 Å². The van der Waals surface area contributed by atoms with Gasteiger partial charge in [-0.05, 0) is 31.9 Å². The average molecular weight is 235 g/mol. The Morgan fingerprint density at radius 1 is 1.53 bits per heavy atom. The average Bonchev–Trinajstić information content (AvgIpc) is 2.40. The molecule has 4 heteroatoms. The second-order valence-corrected chi connectivity index (χ2v) is 4.38. The molecule has 2 N–H and O–H groups in total. The first-order chi connectivity index (χ1) is 8.33. The van der Waals surface area contributed by atoms with Crippen molar-refractivity contribution in [1.82, 2.24) is 4.98 Å². The highest BCUT2D eigenvalue weighted by atomic mass is 16.5. The van der Waals surface area contributed by atoms with Crippen LogP contribution in [-0.4, -0.2) is 30.8 Å². The molecule has 0 amide bonds. The first-order valence-electron chi connectivity index (χ1n) is 6.35. The molecular formula is C13H21N3O. The number of anilines is 1. The fraction of sp³-hybridized carbons (Fsp3) is 0.615. The Morgan fingerprint density at radius 2 is 2.41 bits per heavy atom. The summed E-state index contributed by atoms with van der Waals surface area (Å²) < 4.78 is 5.70. The van der Waals surface area contributed by atoms with Gasteiger partial charge >= 0.3 is 0 Å². The second kappa shape index (κ2) is 5.98. The van der Waals surface area contributed by atoms with Crippen LogP contribution < -0.4 is 10.6 Å². The molecule has 1 aliphatic rings. The Labute approximate surface area is 103 Å². The minimum absolute atomic E-state index is 0.364. The van der Waals surface area contributed by atoms with Crippen molar-refractivity contribution in [3.63, 3.8) is 0 Å². The van der Waals surface area contributed by atoms with Crippen molar-refractivity contribution in [3.8, 4) is 0 Å². The maximum atomic E-state index is 5.70. The van der Waals surface area contributed by atoms with E-state index in [1.807, 2.05) is 12.3 Å². The van der Waals surface area contributed by atoms with Gasteiger partial charge in [0.15, 0.2) is 0 Å². The topological polar surface area (TPSA) is 51.4 Å². The molecule has 1 aromatic rings. The van der Waals surface area contributed by atoms with Crippen molar-refractivity contribution in [2.24, 2.45) is 5.73 Å². The lowest BCUT2D eigenvalue weighted by atomic mass is 10.1. The van der Waals surface area contributed by atoms with E-state index in [2.05, 4.69) is 22.9 Å². The lowest BCUT2D eigenvalue weighted by molar-refractivity contribution is 0.0526. The molecule has 1 unspecified atom stereocenters. The Bertz CT molecular complexity index is 337. The molecule has 1 saturated heterocycles. The summed E-state index contributed by atoms with van der Waals surface area (Å²) >= 11 is 0. The summed E-state index contributed by atoms with van der Waals surface area (Å²) in [6, 6.07) is 4.10. The molecular weight excluding hydrogens is 214 g/mol. The Morgan fingerprint density at radius 3 is 3.06 bits per heavy atom. The van der Waals surface area contributed by atoms with E-state index >= 15 is 0 Å². The van der Waals surface area contributed by atoms with E-state index in [-0.39, 0.29) is 0 Å². The van der Waals surface area contributed by atoms with Crippen LogP contribution in [-0.2, 0) is 11.3 Å². The van der Waals surface area contributed by atoms with Crippen LogP contribution in [0.5, 0.6) is 0 Å². The number of rotatable bonds is 4. The summed E-state index contributed by atoms with van der Waals surface area (Å²) in [5.74, 6) is 0. The number of aromatic nitrogens is 1. The zero-order valence-electron chi connectivity index (χ0n) is 10.4. The molecule has 0 bridgehead atoms. The van der Waals surface area contributed by atoms with E-state index in [9.17, 15) is 0 Å². The Kier molecular flexibility index (Phi) is 4.34. The van der Waals surface area contributed by atoms with Crippen molar-refractivity contribution in [1.29, 1.82) is 0 Å². The predicted octanol–water partition coefficient (Wildman–Crippen LogP) is 1.55. The summed E-state index contributed by atoms with van der Waals surface area (Å²) in [7, 11) is 0. The number of hydrogen-bond acceptors (Lipinski definition) is 4. The normalized spacial score (nSPS) is 20.6. The molecule has 94 valence electrons. The third kappa shape index (κ3) is 3.17. The molecule has 0 saturated carbocycles. The predicted molar refractivity (Wildman–Crippen MR) is 69.0 cm³/mol. The molecule has 4 nitrogen and oxygen atoms in total. The van der Waals surface area contributed by atoms with Crippen molar-refractivity contribution < 1.29 is 4.74 Å². The van der Waals surface area contributed by atoms with Crippen LogP contribution in [0.15, 0.2) is 18.3 Å². The molecule has 1 aromatic heterocycles. The zero-order valence-corrected chi connectivity index (χ0v) is 10.4. The number of nitrogens with zero attached hydrogens (tertiary/aromatic N) is 2. The van der Waals surface area contributed by atoms with E-state index in [4.69, 9.17) is 10.5 Å². The maximum absolute atomic E-state index is 5.70. The molecule has 0 aliphatic carbocycles. The van der Waals surface area contributed by atoms with Crippen LogP contribution in [0.2, 0.25) is 0 Å². The Hall–Kier alpha value is -1.13. The smallest absolute Gasteiger partial charge is 0.0750 e. The van der Waals surface area contributed by atoms with Crippen molar-refractivity contribution in [2.45, 2.75) is 32.4 Å². The monoisotopic (exact) mass is 235 g/mol. The van der Waals surface area contributed by atoms with E-state index in [1.165, 1.54) is 18.5 Å². The van der Waals surface area contributed by atoms with Gasteiger partial charge in [0.25, 0.3) is 0 Å². The van der Waals surface area contributed by atoms with Crippen molar-refractivity contribution in [3.05, 3.63) is 24.0 Å². The summed E-state index contributed by atoms with van der Waals surface area (Å²) in [6.07, 6.45) is 4.63. The third-order valence-electron chi connectivity index (χ3n) is 3.16. The van der Waals surface area contributed by atoms with Crippen LogP contribution >= 0.6 is 0 Å². The molecule has 17 heavy (non-hydrogen) atoms. The lowest BCUT2D eigenvalue weighted by Crippen LogP contribution is -2.39. The molecule has 0 radical (unpaired) electrons. The molecule has 0 spiro atoms. The molecule has 2 rings (SSSR count). The molecule has 1 fully saturated rings. The number of piperidine rings is 1. The van der Waals surface area contributed by atoms with Crippen LogP contribution in [0.25, 0.3) is 0 Å². The minimum atomic E-state index is 0.364. The fourth-order valence-electron chi connectivity index (χ4n) is 2.27. The third-order valence-corrected chi connectivity index (χ3v) is 3.16. The SMILES string of the molecule is CCOC1CCCN(c2ccc(CN)nc2)C1. The number of ether oxygens (including phenoxy) is 1. The fourth-order valence-corrected chi connectivity index (χ4v) is 2.27. The van der Waals surface area contributed by atoms with Crippen LogP contribution in [0, 0.1) is 0 Å². The van der Waals surface area contributed by atoms with E-state index in [0.717, 1.165) is 25.4 Å². The number of hydrogen-bond donors (Lipinski definition) is 1. The van der Waals surface area contributed by atoms with E-state index in [1.54, 1.807) is 0 Å². The van der Waals surface area contributed by atoms with Crippen LogP contribution in [0.1, 0.15) is 25.5 Å². The second-order valence-electron chi connectivity index (χ2n) is 4.38. The number of pyridine rings is 1. The highest BCUT2D eigenvalue weighted by Crippen LogP contribution is 2.20. The van der Waals surface area contributed by atoms with Gasteiger partial charge in [0.2, 0.25) is 0 Å². The highest BCUT2D eigenvalue weighted by Gasteiger charge is 2.20. The van der Waals surface area contributed by atoms with Gasteiger partial charge in [0.05, 0.1) is 23.7 Å². The summed E-state index contributed by atoms with van der Waals surface area (Å²) in [6.45, 7) is 5.41. The Balaban J connectivity index is 2.00. The lowest BCUT2D eigenvalue weighted by Gasteiger charge is -2.33. The van der Waals surface area contributed by atoms with Crippen LogP contribution in [0.4, 0.5) is 5.69 Å². The van der Waals surface area contributed by atoms with Gasteiger partial charge in [-0.2, -0.15) is 0 Å². The van der Waals surface area contributed by atoms with E-state index < -0.39 is 0 Å². The van der Waals surface area contributed by atoms with Gasteiger partial charge in [-0.25, -0.2) is 0 Å². The van der Waals surface area contributed by atoms with Gasteiger partial charge in [-0.3, -0.25) is 4.98 Å². The minimum Gasteiger partial charge on any atom is -0.377 e. The molecule has 1 atom stereocenters. The summed E-state index contributed by atoms with van der Waals surface area (Å²) in [5, 5.41) is 0. The van der Waals surface area contributed by atoms with Gasteiger partial charge < -0.3 is 15.4 Å². The zero-order chi connectivity index (χ0) is 12.1. The van der Waals surface area contributed by atoms with Crippen molar-refractivity contribution >= 4 is 5.69 Å². The summed E-state index contributed by atoms with van der Waals surface area (Å²) in [4.78, 5) is 6.68. The molecule has 1 aliphatic heterocycles. The van der Waals surface area contributed by atoms with Crippen LogP contribution in [0.3, 0.4) is 0 Å². The van der Waals surface area contributed by atoms with Gasteiger partial charge in [0.1, 0.15) is 0 Å². The van der Waals surface area contributed by atoms with Gasteiger partial charge in [0, 0.05) is 26.2 Å². The highest BCUT2D eigenvalue weighted by molar-refractivity contribution is 5.45. The standard InChI is InChI=1S/C13H21N3O/c1-2-17-13-4-3-7-16(10-13)12-6-5-11(8-14)15-9-12/h5-6,9,13H,2-4,7-8,10,14H2,1H3. The maximum Gasteiger partial charge on any atom is 0.0750 e. The first kappa shape index (κ1) is 12.3. The quantitative estimate of drug-likeness (QED) is 0.860. The number of nitrogens with two attached hydrogens (primary N) is 1. The summed E-state index contributed by atoms with van der Waals surface area (Å²) in [5.41, 5.74) is 7.65. The van der Waals surface area contributed by atoms with Crippen molar-refractivity contribution in [2.75, 3.05) is 24.6 Å². The van der Waals surface area contributed by atoms with E-state index in [0.29, 0.717) is 12.6 Å². The molecule has 0 aromatic carbocycles. The first-order valence-corrected chi connectivity index (χ1v) is 6.35. The van der Waals surface area contributed by atoms with Gasteiger partial charge in [-0.1, -0.05) is 0 Å².